The minimum Gasteiger partial charge on any atom is -0.370 e. The van der Waals surface area contributed by atoms with E-state index < -0.39 is 0 Å². The summed E-state index contributed by atoms with van der Waals surface area (Å²) >= 11 is 6.18. The fourth-order valence-corrected chi connectivity index (χ4v) is 3.53. The Morgan fingerprint density at radius 1 is 1.46 bits per heavy atom. The van der Waals surface area contributed by atoms with Crippen LogP contribution in [0.3, 0.4) is 0 Å². The van der Waals surface area contributed by atoms with E-state index in [0.29, 0.717) is 17.9 Å². The van der Waals surface area contributed by atoms with E-state index in [1.165, 1.54) is 18.4 Å². The zero-order valence-corrected chi connectivity index (χ0v) is 17.8. The molecule has 1 aliphatic heterocycles. The van der Waals surface area contributed by atoms with Crippen molar-refractivity contribution < 1.29 is 0 Å². The molecule has 1 aromatic rings. The van der Waals surface area contributed by atoms with Crippen molar-refractivity contribution in [2.75, 3.05) is 26.7 Å². The molecule has 24 heavy (non-hydrogen) atoms. The fraction of sp³-hybridized carbons (Fsp3) is 0.611. The lowest BCUT2D eigenvalue weighted by Gasteiger charge is -2.39. The van der Waals surface area contributed by atoms with Gasteiger partial charge in [-0.25, -0.2) is 0 Å². The van der Waals surface area contributed by atoms with Gasteiger partial charge in [-0.1, -0.05) is 37.1 Å². The molecule has 0 saturated carbocycles. The van der Waals surface area contributed by atoms with Crippen molar-refractivity contribution in [1.82, 2.24) is 10.2 Å². The lowest BCUT2D eigenvalue weighted by Crippen LogP contribution is -2.38. The Hall–Kier alpha value is -0.530. The molecule has 0 spiro atoms. The van der Waals surface area contributed by atoms with Gasteiger partial charge in [0, 0.05) is 24.2 Å². The number of hydrogen-bond donors (Lipinski definition) is 2. The minimum atomic E-state index is 0. The lowest BCUT2D eigenvalue weighted by atomic mass is 9.85. The number of aliphatic imine (C=N–C) groups is 1. The second-order valence-electron chi connectivity index (χ2n) is 6.39. The van der Waals surface area contributed by atoms with Crippen molar-refractivity contribution in [3.63, 3.8) is 0 Å². The first-order chi connectivity index (χ1) is 11.1. The number of nitrogens with two attached hydrogens (primary N) is 1. The van der Waals surface area contributed by atoms with Gasteiger partial charge >= 0.3 is 0 Å². The van der Waals surface area contributed by atoms with E-state index in [0.717, 1.165) is 37.5 Å². The van der Waals surface area contributed by atoms with E-state index in [4.69, 9.17) is 17.3 Å². The topological polar surface area (TPSA) is 53.6 Å². The average Bonchev–Trinajstić information content (AvgIpc) is 2.53. The molecule has 6 heteroatoms. The predicted molar refractivity (Wildman–Crippen MR) is 114 cm³/mol. The molecule has 0 radical (unpaired) electrons. The van der Waals surface area contributed by atoms with Gasteiger partial charge in [-0.15, -0.1) is 24.0 Å². The second-order valence-corrected chi connectivity index (χ2v) is 6.83. The lowest BCUT2D eigenvalue weighted by molar-refractivity contribution is 0.125. The first-order valence-electron chi connectivity index (χ1n) is 8.61. The Morgan fingerprint density at radius 3 is 2.96 bits per heavy atom. The Morgan fingerprint density at radius 2 is 2.25 bits per heavy atom. The minimum absolute atomic E-state index is 0. The molecular formula is C18H30ClIN4. The van der Waals surface area contributed by atoms with E-state index in [1.807, 2.05) is 12.1 Å². The molecule has 0 amide bonds. The highest BCUT2D eigenvalue weighted by molar-refractivity contribution is 14.0. The smallest absolute Gasteiger partial charge is 0.188 e. The molecule has 0 bridgehead atoms. The highest BCUT2D eigenvalue weighted by atomic mass is 127. The van der Waals surface area contributed by atoms with Crippen LogP contribution in [0.25, 0.3) is 0 Å². The van der Waals surface area contributed by atoms with Crippen LogP contribution >= 0.6 is 35.6 Å². The van der Waals surface area contributed by atoms with Gasteiger partial charge in [0.15, 0.2) is 5.96 Å². The van der Waals surface area contributed by atoms with Crippen molar-refractivity contribution in [3.8, 4) is 0 Å². The Labute approximate surface area is 168 Å². The molecule has 1 saturated heterocycles. The van der Waals surface area contributed by atoms with Crippen LogP contribution in [0.2, 0.25) is 5.02 Å². The SMILES string of the molecule is CCCCNC(N)=NCC1CCCN(C)C1c1cccc(Cl)c1.I. The van der Waals surface area contributed by atoms with E-state index in [-0.39, 0.29) is 24.0 Å². The van der Waals surface area contributed by atoms with Crippen LogP contribution in [0.1, 0.15) is 44.2 Å². The number of unbranched alkanes of at least 4 members (excludes halogenated alkanes) is 1. The standard InChI is InChI=1S/C18H29ClN4.HI/c1-3-4-10-21-18(20)22-13-15-8-6-11-23(2)17(15)14-7-5-9-16(19)12-14;/h5,7,9,12,15,17H,3-4,6,8,10-11,13H2,1-2H3,(H3,20,21,22);1H. The summed E-state index contributed by atoms with van der Waals surface area (Å²) in [6.45, 7) is 4.94. The number of nitrogens with zero attached hydrogens (tertiary/aromatic N) is 2. The van der Waals surface area contributed by atoms with Gasteiger partial charge in [-0.2, -0.15) is 0 Å². The van der Waals surface area contributed by atoms with Crippen molar-refractivity contribution in [3.05, 3.63) is 34.9 Å². The summed E-state index contributed by atoms with van der Waals surface area (Å²) in [4.78, 5) is 6.99. The highest BCUT2D eigenvalue weighted by Crippen LogP contribution is 2.36. The largest absolute Gasteiger partial charge is 0.370 e. The first kappa shape index (κ1) is 21.5. The molecule has 2 atom stereocenters. The third-order valence-corrected chi connectivity index (χ3v) is 4.77. The normalized spacial score (nSPS) is 22.0. The van der Waals surface area contributed by atoms with Gasteiger partial charge in [0.1, 0.15) is 0 Å². The van der Waals surface area contributed by atoms with Crippen LogP contribution < -0.4 is 11.1 Å². The summed E-state index contributed by atoms with van der Waals surface area (Å²) in [5, 5.41) is 3.99. The number of nitrogens with one attached hydrogen (secondary N) is 1. The van der Waals surface area contributed by atoms with Gasteiger partial charge in [-0.05, 0) is 56.5 Å². The number of benzene rings is 1. The molecule has 1 fully saturated rings. The van der Waals surface area contributed by atoms with E-state index in [9.17, 15) is 0 Å². The third kappa shape index (κ3) is 6.41. The molecule has 2 rings (SSSR count). The van der Waals surface area contributed by atoms with Crippen molar-refractivity contribution >= 4 is 41.5 Å². The van der Waals surface area contributed by atoms with Crippen molar-refractivity contribution in [2.24, 2.45) is 16.6 Å². The molecule has 136 valence electrons. The molecule has 2 unspecified atom stereocenters. The summed E-state index contributed by atoms with van der Waals surface area (Å²) < 4.78 is 0. The third-order valence-electron chi connectivity index (χ3n) is 4.53. The molecule has 1 aliphatic rings. The summed E-state index contributed by atoms with van der Waals surface area (Å²) in [5.74, 6) is 1.04. The van der Waals surface area contributed by atoms with Gasteiger partial charge < -0.3 is 11.1 Å². The zero-order chi connectivity index (χ0) is 16.7. The number of likely N-dealkylation sites (tertiary alicyclic amines) is 1. The Balaban J connectivity index is 0.00000288. The molecule has 3 N–H and O–H groups in total. The fourth-order valence-electron chi connectivity index (χ4n) is 3.33. The van der Waals surface area contributed by atoms with Crippen molar-refractivity contribution in [2.45, 2.75) is 38.6 Å². The quantitative estimate of drug-likeness (QED) is 0.289. The van der Waals surface area contributed by atoms with E-state index >= 15 is 0 Å². The van der Waals surface area contributed by atoms with Crippen molar-refractivity contribution in [1.29, 1.82) is 0 Å². The van der Waals surface area contributed by atoms with Crippen LogP contribution in [0.4, 0.5) is 0 Å². The van der Waals surface area contributed by atoms with E-state index in [2.05, 4.69) is 41.3 Å². The molecule has 1 heterocycles. The first-order valence-corrected chi connectivity index (χ1v) is 8.99. The summed E-state index contributed by atoms with van der Waals surface area (Å²) in [7, 11) is 2.18. The van der Waals surface area contributed by atoms with Gasteiger partial charge in [0.25, 0.3) is 0 Å². The Bertz CT molecular complexity index is 523. The predicted octanol–water partition coefficient (Wildman–Crippen LogP) is 4.05. The van der Waals surface area contributed by atoms with Gasteiger partial charge in [0.05, 0.1) is 0 Å². The number of guanidine groups is 1. The van der Waals surface area contributed by atoms with Gasteiger partial charge in [0.2, 0.25) is 0 Å². The maximum atomic E-state index is 6.18. The molecule has 0 aromatic heterocycles. The molecule has 4 nitrogen and oxygen atoms in total. The summed E-state index contributed by atoms with van der Waals surface area (Å²) in [5.41, 5.74) is 7.25. The monoisotopic (exact) mass is 464 g/mol. The van der Waals surface area contributed by atoms with Crippen LogP contribution in [0.15, 0.2) is 29.3 Å². The molecular weight excluding hydrogens is 435 g/mol. The van der Waals surface area contributed by atoms with Crippen LogP contribution in [-0.2, 0) is 0 Å². The van der Waals surface area contributed by atoms with Crippen LogP contribution in [0, 0.1) is 5.92 Å². The van der Waals surface area contributed by atoms with Crippen LogP contribution in [0.5, 0.6) is 0 Å². The maximum absolute atomic E-state index is 6.18. The maximum Gasteiger partial charge on any atom is 0.188 e. The number of rotatable bonds is 6. The average molecular weight is 465 g/mol. The van der Waals surface area contributed by atoms with Gasteiger partial charge in [-0.3, -0.25) is 9.89 Å². The zero-order valence-electron chi connectivity index (χ0n) is 14.7. The molecule has 0 aliphatic carbocycles. The summed E-state index contributed by atoms with van der Waals surface area (Å²) in [6, 6.07) is 8.55. The Kier molecular flexibility index (Phi) is 10.0. The second kappa shape index (κ2) is 11.2. The summed E-state index contributed by atoms with van der Waals surface area (Å²) in [6.07, 6.45) is 4.66. The number of hydrogen-bond acceptors (Lipinski definition) is 2. The van der Waals surface area contributed by atoms with E-state index in [1.54, 1.807) is 0 Å². The number of piperidine rings is 1. The number of halogens is 2. The highest BCUT2D eigenvalue weighted by Gasteiger charge is 2.30. The van der Waals surface area contributed by atoms with Crippen LogP contribution in [-0.4, -0.2) is 37.5 Å². The molecule has 1 aromatic carbocycles.